The Morgan fingerprint density at radius 1 is 1.40 bits per heavy atom. The first-order valence-electron chi connectivity index (χ1n) is 5.86. The van der Waals surface area contributed by atoms with Gasteiger partial charge in [0.05, 0.1) is 18.4 Å². The summed E-state index contributed by atoms with van der Waals surface area (Å²) in [5.41, 5.74) is 1.31. The summed E-state index contributed by atoms with van der Waals surface area (Å²) in [5, 5.41) is 0. The molecule has 1 aromatic rings. The molecule has 5 nitrogen and oxygen atoms in total. The van der Waals surface area contributed by atoms with Crippen LogP contribution in [0.4, 0.5) is 5.69 Å². The van der Waals surface area contributed by atoms with Crippen molar-refractivity contribution in [1.82, 2.24) is 0 Å². The largest absolute Gasteiger partial charge is 0.466 e. The maximum absolute atomic E-state index is 11.9. The molecule has 104 valence electrons. The molecule has 2 rings (SSSR count). The fourth-order valence-corrected chi connectivity index (χ4v) is 2.27. The predicted molar refractivity (Wildman–Crippen MR) is 76.6 cm³/mol. The van der Waals surface area contributed by atoms with Gasteiger partial charge < -0.3 is 9.64 Å². The summed E-state index contributed by atoms with van der Waals surface area (Å²) in [7, 11) is 1.29. The number of halogens is 1. The molecule has 20 heavy (non-hydrogen) atoms. The summed E-state index contributed by atoms with van der Waals surface area (Å²) in [5.74, 6) is -1.58. The molecule has 1 aliphatic heterocycles. The Balaban J connectivity index is 2.30. The van der Waals surface area contributed by atoms with Crippen LogP contribution in [0.5, 0.6) is 0 Å². The Kier molecular flexibility index (Phi) is 4.04. The molecule has 0 bridgehead atoms. The maximum Gasteiger partial charge on any atom is 0.333 e. The number of nitrogens with zero attached hydrogens (tertiary/aromatic N) is 1. The average molecular weight is 338 g/mol. The molecule has 6 heteroatoms. The van der Waals surface area contributed by atoms with Gasteiger partial charge >= 0.3 is 5.97 Å². The van der Waals surface area contributed by atoms with Gasteiger partial charge in [-0.1, -0.05) is 22.0 Å². The summed E-state index contributed by atoms with van der Waals surface area (Å²) >= 11 is 3.31. The van der Waals surface area contributed by atoms with E-state index in [1.54, 1.807) is 31.2 Å². The molecule has 0 saturated carbocycles. The number of Topliss-reactive ketones (excluding diaryl/α,β-unsaturated/α-hetero) is 1. The van der Waals surface area contributed by atoms with Crippen LogP contribution in [0.3, 0.4) is 0 Å². The first kappa shape index (κ1) is 14.5. The van der Waals surface area contributed by atoms with E-state index in [2.05, 4.69) is 20.7 Å². The van der Waals surface area contributed by atoms with E-state index in [-0.39, 0.29) is 6.54 Å². The summed E-state index contributed by atoms with van der Waals surface area (Å²) in [6.45, 7) is 1.74. The highest BCUT2D eigenvalue weighted by Crippen LogP contribution is 2.31. The molecule has 1 amide bonds. The third-order valence-electron chi connectivity index (χ3n) is 3.02. The molecular formula is C14H12BrNO4. The smallest absolute Gasteiger partial charge is 0.333 e. The number of esters is 1. The first-order chi connectivity index (χ1) is 9.45. The van der Waals surface area contributed by atoms with Gasteiger partial charge in [-0.2, -0.15) is 0 Å². The molecule has 0 fully saturated rings. The highest BCUT2D eigenvalue weighted by Gasteiger charge is 2.35. The minimum absolute atomic E-state index is 0.148. The number of ether oxygens (including phenoxy) is 1. The molecule has 0 unspecified atom stereocenters. The van der Waals surface area contributed by atoms with Crippen LogP contribution in [0.2, 0.25) is 0 Å². The van der Waals surface area contributed by atoms with Crippen molar-refractivity contribution >= 4 is 39.3 Å². The number of fused-ring (bicyclic) bond motifs is 1. The van der Waals surface area contributed by atoms with Crippen LogP contribution in [0.15, 0.2) is 34.3 Å². The summed E-state index contributed by atoms with van der Waals surface area (Å²) in [4.78, 5) is 36.4. The van der Waals surface area contributed by atoms with Crippen LogP contribution in [0.1, 0.15) is 17.3 Å². The standard InChI is InChI=1S/C14H12BrNO4/c1-8(14(19)20-2)5-6-16-11-7-9(15)3-4-10(11)12(17)13(16)18/h3-5,7H,6H2,1-2H3. The van der Waals surface area contributed by atoms with E-state index in [9.17, 15) is 14.4 Å². The van der Waals surface area contributed by atoms with Crippen LogP contribution in [0, 0.1) is 0 Å². The van der Waals surface area contributed by atoms with Gasteiger partial charge in [0.25, 0.3) is 11.7 Å². The molecule has 0 radical (unpaired) electrons. The zero-order valence-electron chi connectivity index (χ0n) is 11.0. The van der Waals surface area contributed by atoms with Crippen molar-refractivity contribution in [2.75, 3.05) is 18.6 Å². The first-order valence-corrected chi connectivity index (χ1v) is 6.66. The predicted octanol–water partition coefficient (Wildman–Crippen LogP) is 2.10. The van der Waals surface area contributed by atoms with E-state index in [4.69, 9.17) is 0 Å². The van der Waals surface area contributed by atoms with Crippen molar-refractivity contribution < 1.29 is 19.1 Å². The number of hydrogen-bond donors (Lipinski definition) is 0. The van der Waals surface area contributed by atoms with Crippen molar-refractivity contribution in [3.05, 3.63) is 39.9 Å². The van der Waals surface area contributed by atoms with Crippen LogP contribution >= 0.6 is 15.9 Å². The fourth-order valence-electron chi connectivity index (χ4n) is 1.92. The van der Waals surface area contributed by atoms with Crippen molar-refractivity contribution in [3.8, 4) is 0 Å². The lowest BCUT2D eigenvalue weighted by atomic mass is 10.1. The highest BCUT2D eigenvalue weighted by atomic mass is 79.9. The van der Waals surface area contributed by atoms with Crippen molar-refractivity contribution in [2.45, 2.75) is 6.92 Å². The van der Waals surface area contributed by atoms with E-state index >= 15 is 0 Å². The third kappa shape index (κ3) is 2.51. The van der Waals surface area contributed by atoms with Gasteiger partial charge in [-0.3, -0.25) is 9.59 Å². The lowest BCUT2D eigenvalue weighted by Gasteiger charge is -2.14. The van der Waals surface area contributed by atoms with Gasteiger partial charge in [-0.15, -0.1) is 0 Å². The van der Waals surface area contributed by atoms with Crippen molar-refractivity contribution in [1.29, 1.82) is 0 Å². The number of carbonyl (C=O) groups excluding carboxylic acids is 3. The van der Waals surface area contributed by atoms with Crippen LogP contribution < -0.4 is 4.90 Å². The molecule has 1 aromatic carbocycles. The van der Waals surface area contributed by atoms with Gasteiger partial charge in [0, 0.05) is 16.6 Å². The van der Waals surface area contributed by atoms with E-state index < -0.39 is 17.7 Å². The number of hydrogen-bond acceptors (Lipinski definition) is 4. The molecule has 1 heterocycles. The van der Waals surface area contributed by atoms with Gasteiger partial charge in [0.1, 0.15) is 0 Å². The Bertz CT molecular complexity index is 636. The summed E-state index contributed by atoms with van der Waals surface area (Å²) < 4.78 is 5.35. The minimum Gasteiger partial charge on any atom is -0.466 e. The fraction of sp³-hybridized carbons (Fsp3) is 0.214. The summed E-state index contributed by atoms with van der Waals surface area (Å²) in [6.07, 6.45) is 1.56. The third-order valence-corrected chi connectivity index (χ3v) is 3.52. The Morgan fingerprint density at radius 3 is 2.75 bits per heavy atom. The number of carbonyl (C=O) groups is 3. The maximum atomic E-state index is 11.9. The molecule has 0 aliphatic carbocycles. The second kappa shape index (κ2) is 5.58. The number of rotatable bonds is 3. The minimum atomic E-state index is -0.591. The number of anilines is 1. The zero-order valence-corrected chi connectivity index (χ0v) is 12.6. The van der Waals surface area contributed by atoms with Crippen LogP contribution in [-0.4, -0.2) is 31.3 Å². The quantitative estimate of drug-likeness (QED) is 0.481. The molecule has 0 N–H and O–H groups in total. The lowest BCUT2D eigenvalue weighted by Crippen LogP contribution is -2.30. The Morgan fingerprint density at radius 2 is 2.10 bits per heavy atom. The van der Waals surface area contributed by atoms with Crippen molar-refractivity contribution in [2.24, 2.45) is 0 Å². The van der Waals surface area contributed by atoms with E-state index in [0.29, 0.717) is 16.8 Å². The number of amides is 1. The number of benzene rings is 1. The van der Waals surface area contributed by atoms with Gasteiger partial charge in [0.15, 0.2) is 0 Å². The lowest BCUT2D eigenvalue weighted by molar-refractivity contribution is -0.136. The summed E-state index contributed by atoms with van der Waals surface area (Å²) in [6, 6.07) is 5.03. The van der Waals surface area contributed by atoms with E-state index in [0.717, 1.165) is 4.47 Å². The SMILES string of the molecule is COC(=O)C(C)=CCN1C(=O)C(=O)c2ccc(Br)cc21. The molecular weight excluding hydrogens is 326 g/mol. The second-order valence-electron chi connectivity index (χ2n) is 4.29. The second-order valence-corrected chi connectivity index (χ2v) is 5.20. The normalized spacial score (nSPS) is 14.6. The van der Waals surface area contributed by atoms with Gasteiger partial charge in [-0.05, 0) is 25.1 Å². The molecule has 0 spiro atoms. The molecule has 0 saturated heterocycles. The van der Waals surface area contributed by atoms with Gasteiger partial charge in [-0.25, -0.2) is 4.79 Å². The average Bonchev–Trinajstić information content (AvgIpc) is 2.67. The van der Waals surface area contributed by atoms with E-state index in [1.165, 1.54) is 12.0 Å². The number of ketones is 1. The van der Waals surface area contributed by atoms with E-state index in [1.807, 2.05) is 0 Å². The Labute approximate surface area is 124 Å². The van der Waals surface area contributed by atoms with Crippen LogP contribution in [0.25, 0.3) is 0 Å². The molecule has 1 aliphatic rings. The Hall–Kier alpha value is -1.95. The number of methoxy groups -OCH3 is 1. The molecule has 0 atom stereocenters. The zero-order chi connectivity index (χ0) is 14.9. The topological polar surface area (TPSA) is 63.7 Å². The highest BCUT2D eigenvalue weighted by molar-refractivity contribution is 9.10. The van der Waals surface area contributed by atoms with Crippen LogP contribution in [-0.2, 0) is 14.3 Å². The monoisotopic (exact) mass is 337 g/mol. The van der Waals surface area contributed by atoms with Gasteiger partial charge in [0.2, 0.25) is 0 Å². The molecule has 0 aromatic heterocycles. The van der Waals surface area contributed by atoms with Crippen molar-refractivity contribution in [3.63, 3.8) is 0 Å².